The maximum absolute atomic E-state index is 11.4. The van der Waals surface area contributed by atoms with Gasteiger partial charge in [-0.15, -0.1) is 0 Å². The molecule has 276 valence electrons. The zero-order chi connectivity index (χ0) is 38.5. The quantitative estimate of drug-likeness (QED) is 0.257. The molecule has 3 rings (SSSR count). The standard InChI is InChI=1S/C17H16N2.2C2F6NO4S2/c1-18-11-7-15(8-12-18)16-9-13-19(14-10-16)17-5-3-2-4-6-17;2*3-1(4,5)14(10,11)9-15(12,13)2(6,7)8/h2-14H,1H3;;/q+2;2*-1. The molecule has 1 aromatic carbocycles. The van der Waals surface area contributed by atoms with Gasteiger partial charge < -0.3 is 8.25 Å². The van der Waals surface area contributed by atoms with Crippen molar-refractivity contribution in [2.24, 2.45) is 7.05 Å². The molecule has 3 aromatic rings. The normalized spacial score (nSPS) is 13.4. The average Bonchev–Trinajstić information content (AvgIpc) is 2.91. The van der Waals surface area contributed by atoms with Gasteiger partial charge in [-0.25, -0.2) is 38.2 Å². The Kier molecular flexibility index (Phi) is 13.4. The third-order valence-electron chi connectivity index (χ3n) is 4.76. The van der Waals surface area contributed by atoms with Crippen molar-refractivity contribution in [2.45, 2.75) is 22.0 Å². The van der Waals surface area contributed by atoms with E-state index in [2.05, 4.69) is 65.8 Å². The minimum atomic E-state index is -6.72. The van der Waals surface area contributed by atoms with Crippen LogP contribution in [0.5, 0.6) is 0 Å². The number of sulfonamides is 4. The number of nitrogens with zero attached hydrogens (tertiary/aromatic N) is 4. The number of hydrogen-bond donors (Lipinski definition) is 0. The largest absolute Gasteiger partial charge is 0.480 e. The Balaban J connectivity index is 0.000000373. The fourth-order valence-electron chi connectivity index (χ4n) is 2.51. The van der Waals surface area contributed by atoms with Crippen molar-refractivity contribution in [2.75, 3.05) is 0 Å². The highest BCUT2D eigenvalue weighted by Gasteiger charge is 2.48. The number of benzene rings is 1. The predicted octanol–water partition coefficient (Wildman–Crippen LogP) is 4.57. The van der Waals surface area contributed by atoms with Crippen LogP contribution in [0.4, 0.5) is 52.7 Å². The van der Waals surface area contributed by atoms with Crippen LogP contribution in [-0.4, -0.2) is 55.7 Å². The van der Waals surface area contributed by atoms with Gasteiger partial charge in [0.15, 0.2) is 64.9 Å². The van der Waals surface area contributed by atoms with E-state index in [0.29, 0.717) is 0 Å². The molecular formula is C21H16F12N4O8S4. The monoisotopic (exact) mass is 808 g/mol. The van der Waals surface area contributed by atoms with Gasteiger partial charge in [0.1, 0.15) is 7.05 Å². The van der Waals surface area contributed by atoms with Crippen molar-refractivity contribution in [1.29, 1.82) is 0 Å². The SMILES string of the molecule is C[n+]1ccc(-c2cc[n+](-c3ccccc3)cc2)cc1.O=S(=O)([N-]S(=O)(=O)C(F)(F)F)C(F)(F)F.O=S(=O)([N-]S(=O)(=O)C(F)(F)F)C(F)(F)F. The van der Waals surface area contributed by atoms with Crippen molar-refractivity contribution >= 4 is 40.1 Å². The maximum atomic E-state index is 11.4. The number of rotatable bonds is 6. The number of hydrogen-bond acceptors (Lipinski definition) is 8. The van der Waals surface area contributed by atoms with Gasteiger partial charge in [-0.3, -0.25) is 0 Å². The van der Waals surface area contributed by atoms with Crippen molar-refractivity contribution in [3.63, 3.8) is 0 Å². The van der Waals surface area contributed by atoms with Gasteiger partial charge in [0, 0.05) is 36.4 Å². The topological polar surface area (TPSA) is 173 Å². The van der Waals surface area contributed by atoms with Crippen LogP contribution < -0.4 is 9.13 Å². The maximum Gasteiger partial charge on any atom is 0.480 e. The second-order valence-electron chi connectivity index (χ2n) is 8.41. The lowest BCUT2D eigenvalue weighted by molar-refractivity contribution is -0.671. The van der Waals surface area contributed by atoms with Crippen molar-refractivity contribution in [3.8, 4) is 16.8 Å². The third-order valence-corrected chi connectivity index (χ3v) is 10.2. The Hall–Kier alpha value is -3.60. The lowest BCUT2D eigenvalue weighted by Crippen LogP contribution is -2.30. The summed E-state index contributed by atoms with van der Waals surface area (Å²) in [6.45, 7) is 0. The molecule has 12 nitrogen and oxygen atoms in total. The molecule has 0 spiro atoms. The first-order valence-electron chi connectivity index (χ1n) is 11.5. The van der Waals surface area contributed by atoms with Crippen LogP contribution in [0, 0.1) is 0 Å². The molecule has 0 saturated heterocycles. The summed E-state index contributed by atoms with van der Waals surface area (Å²) in [5, 5.41) is 0. The van der Waals surface area contributed by atoms with Crippen LogP contribution >= 0.6 is 0 Å². The Morgan fingerprint density at radius 2 is 0.714 bits per heavy atom. The Morgan fingerprint density at radius 1 is 0.449 bits per heavy atom. The number of para-hydroxylation sites is 1. The van der Waals surface area contributed by atoms with E-state index in [-0.39, 0.29) is 0 Å². The highest BCUT2D eigenvalue weighted by molar-refractivity contribution is 8.13. The predicted molar refractivity (Wildman–Crippen MR) is 141 cm³/mol. The Labute approximate surface area is 268 Å². The van der Waals surface area contributed by atoms with Gasteiger partial charge in [0.05, 0.1) is 0 Å². The molecule has 0 radical (unpaired) electrons. The van der Waals surface area contributed by atoms with Crippen LogP contribution in [-0.2, 0) is 47.1 Å². The first kappa shape index (κ1) is 43.4. The van der Waals surface area contributed by atoms with Crippen LogP contribution in [0.2, 0.25) is 0 Å². The summed E-state index contributed by atoms with van der Waals surface area (Å²) < 4.78 is 223. The van der Waals surface area contributed by atoms with E-state index in [1.54, 1.807) is 0 Å². The third kappa shape index (κ3) is 12.3. The molecular weight excluding hydrogens is 792 g/mol. The van der Waals surface area contributed by atoms with Crippen LogP contribution in [0.3, 0.4) is 0 Å². The molecule has 2 heterocycles. The van der Waals surface area contributed by atoms with Crippen molar-refractivity contribution in [1.82, 2.24) is 0 Å². The number of halogens is 12. The van der Waals surface area contributed by atoms with Crippen LogP contribution in [0.1, 0.15) is 0 Å². The summed E-state index contributed by atoms with van der Waals surface area (Å²) >= 11 is 0. The van der Waals surface area contributed by atoms with Crippen molar-refractivity contribution in [3.05, 3.63) is 87.6 Å². The number of aromatic nitrogens is 2. The molecule has 0 N–H and O–H groups in total. The summed E-state index contributed by atoms with van der Waals surface area (Å²) in [4.78, 5) is 0. The lowest BCUT2D eigenvalue weighted by Gasteiger charge is -2.22. The summed E-state index contributed by atoms with van der Waals surface area (Å²) in [5.74, 6) is 0. The molecule has 2 aromatic heterocycles. The van der Waals surface area contributed by atoms with E-state index >= 15 is 0 Å². The number of aryl methyl sites for hydroxylation is 1. The summed E-state index contributed by atoms with van der Waals surface area (Å²) in [6.07, 6.45) is 8.32. The van der Waals surface area contributed by atoms with Crippen molar-refractivity contribution < 1.29 is 95.5 Å². The summed E-state index contributed by atoms with van der Waals surface area (Å²) in [6, 6.07) is 18.9. The minimum Gasteiger partial charge on any atom is -0.421 e. The van der Waals surface area contributed by atoms with Crippen LogP contribution in [0.25, 0.3) is 25.1 Å². The highest BCUT2D eigenvalue weighted by Crippen LogP contribution is 2.37. The smallest absolute Gasteiger partial charge is 0.421 e. The minimum absolute atomic E-state index is 0.778. The molecule has 28 heteroatoms. The van der Waals surface area contributed by atoms with E-state index in [0.717, 1.165) is 8.25 Å². The van der Waals surface area contributed by atoms with Crippen LogP contribution in [0.15, 0.2) is 79.4 Å². The van der Waals surface area contributed by atoms with E-state index in [4.69, 9.17) is 0 Å². The van der Waals surface area contributed by atoms with Gasteiger partial charge >= 0.3 is 22.0 Å². The Bertz CT molecular complexity index is 1830. The van der Waals surface area contributed by atoms with Gasteiger partial charge in [0.25, 0.3) is 0 Å². The highest BCUT2D eigenvalue weighted by atomic mass is 32.3. The van der Waals surface area contributed by atoms with Gasteiger partial charge in [-0.1, -0.05) is 18.2 Å². The lowest BCUT2D eigenvalue weighted by atomic mass is 10.1. The zero-order valence-electron chi connectivity index (χ0n) is 23.2. The molecule has 0 aliphatic heterocycles. The fraction of sp³-hybridized carbons (Fsp3) is 0.238. The van der Waals surface area contributed by atoms with E-state index < -0.39 is 62.1 Å². The molecule has 0 fully saturated rings. The van der Waals surface area contributed by atoms with E-state index in [9.17, 15) is 86.4 Å². The van der Waals surface area contributed by atoms with E-state index in [1.807, 2.05) is 29.8 Å². The first-order chi connectivity index (χ1) is 21.7. The molecule has 0 saturated carbocycles. The molecule has 0 atom stereocenters. The number of pyridine rings is 2. The van der Waals surface area contributed by atoms with Gasteiger partial charge in [-0.2, -0.15) is 57.3 Å². The summed E-state index contributed by atoms with van der Waals surface area (Å²) in [5.41, 5.74) is -21.2. The molecule has 0 unspecified atom stereocenters. The zero-order valence-corrected chi connectivity index (χ0v) is 26.5. The second-order valence-corrected chi connectivity index (χ2v) is 15.3. The number of alkyl halides is 12. The molecule has 0 aliphatic carbocycles. The molecule has 0 aliphatic rings. The molecule has 0 amide bonds. The molecule has 0 bridgehead atoms. The van der Waals surface area contributed by atoms with Gasteiger partial charge in [-0.05, 0) is 11.1 Å². The Morgan fingerprint density at radius 3 is 0.980 bits per heavy atom. The second kappa shape index (κ2) is 15.1. The fourth-order valence-corrected chi connectivity index (χ4v) is 5.93. The molecule has 49 heavy (non-hydrogen) atoms. The summed E-state index contributed by atoms with van der Waals surface area (Å²) in [7, 11) is -24.9. The van der Waals surface area contributed by atoms with Gasteiger partial charge in [0.2, 0.25) is 5.69 Å². The van der Waals surface area contributed by atoms with E-state index in [1.165, 1.54) is 16.8 Å². The first-order valence-corrected chi connectivity index (χ1v) is 17.3. The average molecular weight is 809 g/mol.